The van der Waals surface area contributed by atoms with Gasteiger partial charge in [0, 0.05) is 43.2 Å². The average Bonchev–Trinajstić information content (AvgIpc) is 3.58. The van der Waals surface area contributed by atoms with Crippen LogP contribution >= 0.6 is 0 Å². The highest BCUT2D eigenvalue weighted by atomic mass is 14.9. The first kappa shape index (κ1) is 18.1. The van der Waals surface area contributed by atoms with Crippen molar-refractivity contribution in [3.05, 3.63) is 102 Å². The van der Waals surface area contributed by atoms with Gasteiger partial charge in [0.05, 0.1) is 22.1 Å². The Kier molecular flexibility index (Phi) is 2.93. The van der Waals surface area contributed by atoms with Crippen LogP contribution in [-0.4, -0.2) is 9.38 Å². The first-order valence-electron chi connectivity index (χ1n) is 12.4. The number of rotatable bonds is 0. The number of nitrogens with one attached hydrogen (secondary N) is 1. The number of benzene rings is 5. The maximum absolute atomic E-state index is 3.78. The van der Waals surface area contributed by atoms with Gasteiger partial charge in [0.15, 0.2) is 0 Å². The number of aromatic amines is 1. The minimum Gasteiger partial charge on any atom is -0.354 e. The summed E-state index contributed by atoms with van der Waals surface area (Å²) in [6.45, 7) is 4.78. The molecule has 0 spiro atoms. The van der Waals surface area contributed by atoms with E-state index in [0.29, 0.717) is 0 Å². The maximum atomic E-state index is 3.78. The van der Waals surface area contributed by atoms with Crippen molar-refractivity contribution in [2.24, 2.45) is 0 Å². The van der Waals surface area contributed by atoms with E-state index in [-0.39, 0.29) is 5.41 Å². The van der Waals surface area contributed by atoms with Crippen LogP contribution in [-0.2, 0) is 5.41 Å². The van der Waals surface area contributed by atoms with Crippen molar-refractivity contribution in [3.63, 3.8) is 0 Å². The zero-order chi connectivity index (χ0) is 23.1. The summed E-state index contributed by atoms with van der Waals surface area (Å²) in [7, 11) is 0. The number of hydrogen-bond donors (Lipinski definition) is 1. The average molecular weight is 447 g/mol. The predicted octanol–water partition coefficient (Wildman–Crippen LogP) is 8.78. The molecule has 0 aliphatic heterocycles. The Morgan fingerprint density at radius 1 is 0.629 bits per heavy atom. The first-order valence-corrected chi connectivity index (χ1v) is 12.4. The van der Waals surface area contributed by atoms with Crippen LogP contribution in [0.4, 0.5) is 0 Å². The third-order valence-electron chi connectivity index (χ3n) is 8.62. The molecular formula is C33H22N2. The van der Waals surface area contributed by atoms with Gasteiger partial charge in [0.1, 0.15) is 0 Å². The van der Waals surface area contributed by atoms with Gasteiger partial charge in [0.2, 0.25) is 0 Å². The van der Waals surface area contributed by atoms with E-state index < -0.39 is 0 Å². The van der Waals surface area contributed by atoms with Crippen molar-refractivity contribution in [1.29, 1.82) is 0 Å². The molecule has 1 aliphatic rings. The van der Waals surface area contributed by atoms with Gasteiger partial charge in [-0.25, -0.2) is 0 Å². The zero-order valence-corrected chi connectivity index (χ0v) is 19.6. The van der Waals surface area contributed by atoms with Crippen LogP contribution in [0.5, 0.6) is 0 Å². The molecule has 0 unspecified atom stereocenters. The number of hydrogen-bond acceptors (Lipinski definition) is 0. The molecule has 0 fully saturated rings. The summed E-state index contributed by atoms with van der Waals surface area (Å²) in [4.78, 5) is 3.78. The van der Waals surface area contributed by atoms with Gasteiger partial charge in [-0.2, -0.15) is 0 Å². The zero-order valence-electron chi connectivity index (χ0n) is 19.6. The van der Waals surface area contributed by atoms with E-state index in [1.54, 1.807) is 0 Å². The Hall–Kier alpha value is -4.30. The second-order valence-corrected chi connectivity index (χ2v) is 10.6. The molecule has 164 valence electrons. The fraction of sp³-hybridized carbons (Fsp3) is 0.0909. The van der Waals surface area contributed by atoms with Crippen LogP contribution in [0.15, 0.2) is 91.0 Å². The lowest BCUT2D eigenvalue weighted by molar-refractivity contribution is 0.664. The van der Waals surface area contributed by atoms with Crippen LogP contribution in [0.2, 0.25) is 0 Å². The summed E-state index contributed by atoms with van der Waals surface area (Å²) in [5, 5.41) is 7.95. The summed E-state index contributed by atoms with van der Waals surface area (Å²) >= 11 is 0. The molecule has 9 rings (SSSR count). The molecule has 3 aromatic heterocycles. The fourth-order valence-corrected chi connectivity index (χ4v) is 7.20. The van der Waals surface area contributed by atoms with Gasteiger partial charge in [-0.15, -0.1) is 0 Å². The number of H-pyrrole nitrogens is 1. The second-order valence-electron chi connectivity index (χ2n) is 10.6. The molecule has 1 aliphatic carbocycles. The molecule has 0 saturated heterocycles. The topological polar surface area (TPSA) is 20.2 Å². The van der Waals surface area contributed by atoms with E-state index in [9.17, 15) is 0 Å². The van der Waals surface area contributed by atoms with Gasteiger partial charge < -0.3 is 9.38 Å². The van der Waals surface area contributed by atoms with Crippen molar-refractivity contribution >= 4 is 59.9 Å². The molecule has 5 aromatic carbocycles. The van der Waals surface area contributed by atoms with Crippen LogP contribution in [0.3, 0.4) is 0 Å². The van der Waals surface area contributed by atoms with Crippen molar-refractivity contribution in [3.8, 4) is 11.1 Å². The Bertz CT molecular complexity index is 2190. The number of para-hydroxylation sites is 2. The maximum Gasteiger partial charge on any atom is 0.0642 e. The van der Waals surface area contributed by atoms with E-state index in [4.69, 9.17) is 0 Å². The molecule has 0 bridgehead atoms. The van der Waals surface area contributed by atoms with E-state index in [1.807, 2.05) is 0 Å². The third-order valence-corrected chi connectivity index (χ3v) is 8.62. The lowest BCUT2D eigenvalue weighted by Gasteiger charge is -2.22. The van der Waals surface area contributed by atoms with Crippen LogP contribution in [0, 0.1) is 0 Å². The smallest absolute Gasteiger partial charge is 0.0642 e. The van der Waals surface area contributed by atoms with Crippen LogP contribution < -0.4 is 0 Å². The van der Waals surface area contributed by atoms with Gasteiger partial charge in [0.25, 0.3) is 0 Å². The van der Waals surface area contributed by atoms with Gasteiger partial charge in [-0.05, 0) is 40.5 Å². The number of nitrogens with zero attached hydrogens (tertiary/aromatic N) is 1. The molecule has 0 saturated carbocycles. The highest BCUT2D eigenvalue weighted by Gasteiger charge is 2.38. The molecule has 8 aromatic rings. The van der Waals surface area contributed by atoms with Crippen molar-refractivity contribution in [2.75, 3.05) is 0 Å². The van der Waals surface area contributed by atoms with E-state index >= 15 is 0 Å². The van der Waals surface area contributed by atoms with Crippen LogP contribution in [0.25, 0.3) is 71.0 Å². The lowest BCUT2D eigenvalue weighted by atomic mass is 9.81. The Balaban J connectivity index is 1.62. The van der Waals surface area contributed by atoms with Gasteiger partial charge in [-0.3, -0.25) is 0 Å². The van der Waals surface area contributed by atoms with Crippen LogP contribution in [0.1, 0.15) is 25.0 Å². The SMILES string of the molecule is CC1(C)c2ccccc2-c2ccc3c4cc5c6ccccc6[nH]c5c5c6ccccc6n(c3c21)c45. The van der Waals surface area contributed by atoms with Crippen molar-refractivity contribution in [1.82, 2.24) is 9.38 Å². The summed E-state index contributed by atoms with van der Waals surface area (Å²) in [6, 6.07) is 33.7. The third kappa shape index (κ3) is 1.89. The largest absolute Gasteiger partial charge is 0.354 e. The minimum atomic E-state index is -0.0649. The number of fused-ring (bicyclic) bond motifs is 14. The molecule has 2 nitrogen and oxygen atoms in total. The highest BCUT2D eigenvalue weighted by molar-refractivity contribution is 6.34. The molecule has 3 heterocycles. The Labute approximate surface area is 201 Å². The molecule has 1 N–H and O–H groups in total. The van der Waals surface area contributed by atoms with Gasteiger partial charge >= 0.3 is 0 Å². The molecule has 0 atom stereocenters. The quantitative estimate of drug-likeness (QED) is 0.240. The van der Waals surface area contributed by atoms with E-state index in [0.717, 1.165) is 0 Å². The normalized spacial score (nSPS) is 14.8. The highest BCUT2D eigenvalue weighted by Crippen LogP contribution is 2.54. The first-order chi connectivity index (χ1) is 17.1. The second kappa shape index (κ2) is 5.67. The van der Waals surface area contributed by atoms with E-state index in [2.05, 4.69) is 114 Å². The van der Waals surface area contributed by atoms with E-state index in [1.165, 1.54) is 82.2 Å². The lowest BCUT2D eigenvalue weighted by Crippen LogP contribution is -2.15. The standard InChI is InChI=1S/C33H22N2/c1-33(2)25-12-6-3-9-18(25)20-15-16-21-24-17-23-19-10-4-7-13-26(19)34-30(23)28-22-11-5-8-14-27(22)35(31(24)28)32(21)29(20)33/h3-17,34H,1-2H3. The van der Waals surface area contributed by atoms with Crippen molar-refractivity contribution < 1.29 is 0 Å². The minimum absolute atomic E-state index is 0.0649. The number of aromatic nitrogens is 2. The predicted molar refractivity (Wildman–Crippen MR) is 148 cm³/mol. The summed E-state index contributed by atoms with van der Waals surface area (Å²) < 4.78 is 2.56. The molecule has 0 amide bonds. The fourth-order valence-electron chi connectivity index (χ4n) is 7.20. The molecule has 2 heteroatoms. The summed E-state index contributed by atoms with van der Waals surface area (Å²) in [6.07, 6.45) is 0. The molecule has 0 radical (unpaired) electrons. The monoisotopic (exact) mass is 446 g/mol. The summed E-state index contributed by atoms with van der Waals surface area (Å²) in [5.74, 6) is 0. The Morgan fingerprint density at radius 2 is 1.40 bits per heavy atom. The summed E-state index contributed by atoms with van der Waals surface area (Å²) in [5.41, 5.74) is 12.0. The Morgan fingerprint density at radius 3 is 2.31 bits per heavy atom. The van der Waals surface area contributed by atoms with Crippen molar-refractivity contribution in [2.45, 2.75) is 19.3 Å². The molecular weight excluding hydrogens is 424 g/mol. The van der Waals surface area contributed by atoms with Gasteiger partial charge in [-0.1, -0.05) is 86.6 Å². The molecule has 35 heavy (non-hydrogen) atoms.